The summed E-state index contributed by atoms with van der Waals surface area (Å²) in [5, 5.41) is 2.03. The molecule has 4 aromatic rings. The van der Waals surface area contributed by atoms with Crippen LogP contribution in [0.1, 0.15) is 61.5 Å². The minimum Gasteiger partial charge on any atom is -0.490 e. The van der Waals surface area contributed by atoms with Gasteiger partial charge in [-0.15, -0.1) is 0 Å². The van der Waals surface area contributed by atoms with Crippen molar-refractivity contribution in [3.63, 3.8) is 0 Å². The number of ether oxygens (including phenoxy) is 1. The average molecular weight is 528 g/mol. The molecule has 4 nitrogen and oxygen atoms in total. The first-order valence-corrected chi connectivity index (χ1v) is 14.6. The van der Waals surface area contributed by atoms with Gasteiger partial charge < -0.3 is 19.5 Å². The molecular weight excluding hydrogens is 490 g/mol. The number of hydrogen-bond donors (Lipinski definition) is 1. The summed E-state index contributed by atoms with van der Waals surface area (Å²) in [6, 6.07) is 24.2. The molecular formula is C33H38ClN3O. The van der Waals surface area contributed by atoms with Crippen molar-refractivity contribution >= 4 is 28.2 Å². The molecule has 1 fully saturated rings. The Labute approximate surface area is 231 Å². The fourth-order valence-electron chi connectivity index (χ4n) is 6.30. The third-order valence-corrected chi connectivity index (χ3v) is 8.57. The average Bonchev–Trinajstić information content (AvgIpc) is 3.32. The van der Waals surface area contributed by atoms with Gasteiger partial charge in [0, 0.05) is 46.9 Å². The lowest BCUT2D eigenvalue weighted by Gasteiger charge is -2.38. The van der Waals surface area contributed by atoms with Crippen LogP contribution in [0, 0.1) is 0 Å². The zero-order valence-electron chi connectivity index (χ0n) is 22.6. The summed E-state index contributed by atoms with van der Waals surface area (Å²) in [5.74, 6) is 0.973. The van der Waals surface area contributed by atoms with Crippen LogP contribution < -0.4 is 9.64 Å². The van der Waals surface area contributed by atoms with Gasteiger partial charge >= 0.3 is 0 Å². The minimum atomic E-state index is 0.101. The molecule has 5 heteroatoms. The van der Waals surface area contributed by atoms with Gasteiger partial charge in [-0.2, -0.15) is 0 Å². The molecule has 2 aliphatic heterocycles. The van der Waals surface area contributed by atoms with E-state index in [0.717, 1.165) is 61.6 Å². The second-order valence-electron chi connectivity index (χ2n) is 10.8. The Bertz CT molecular complexity index is 1370. The maximum Gasteiger partial charge on any atom is 0.119 e. The minimum absolute atomic E-state index is 0.101. The number of H-pyrrole nitrogens is 1. The Morgan fingerprint density at radius 1 is 0.921 bits per heavy atom. The number of benzene rings is 3. The van der Waals surface area contributed by atoms with Gasteiger partial charge in [-0.05, 0) is 97.8 Å². The van der Waals surface area contributed by atoms with Gasteiger partial charge in [0.25, 0.3) is 0 Å². The molecule has 6 rings (SSSR count). The predicted molar refractivity (Wildman–Crippen MR) is 159 cm³/mol. The number of aromatic amines is 1. The number of halogens is 1. The highest BCUT2D eigenvalue weighted by atomic mass is 35.5. The van der Waals surface area contributed by atoms with E-state index in [4.69, 9.17) is 16.3 Å². The van der Waals surface area contributed by atoms with Crippen molar-refractivity contribution < 1.29 is 4.74 Å². The predicted octanol–water partition coefficient (Wildman–Crippen LogP) is 7.79. The van der Waals surface area contributed by atoms with E-state index in [-0.39, 0.29) is 6.04 Å². The molecule has 0 spiro atoms. The first-order chi connectivity index (χ1) is 18.6. The number of rotatable bonds is 7. The number of hydrogen-bond acceptors (Lipinski definition) is 3. The molecule has 1 atom stereocenters. The fourth-order valence-corrected chi connectivity index (χ4v) is 6.47. The highest BCUT2D eigenvalue weighted by Gasteiger charge is 2.32. The zero-order valence-corrected chi connectivity index (χ0v) is 23.3. The smallest absolute Gasteiger partial charge is 0.119 e. The fraction of sp³-hybridized carbons (Fsp3) is 0.394. The molecule has 38 heavy (non-hydrogen) atoms. The number of nitrogens with zero attached hydrogens (tertiary/aromatic N) is 2. The van der Waals surface area contributed by atoms with Gasteiger partial charge in [0.15, 0.2) is 0 Å². The molecule has 0 aliphatic carbocycles. The van der Waals surface area contributed by atoms with Gasteiger partial charge in [-0.25, -0.2) is 0 Å². The monoisotopic (exact) mass is 527 g/mol. The van der Waals surface area contributed by atoms with Gasteiger partial charge in [0.2, 0.25) is 0 Å². The number of nitrogens with one attached hydrogen (secondary N) is 1. The molecule has 0 bridgehead atoms. The summed E-state index contributed by atoms with van der Waals surface area (Å²) in [7, 11) is 0. The molecule has 2 aliphatic rings. The molecule has 1 saturated heterocycles. The number of anilines is 1. The third-order valence-electron chi connectivity index (χ3n) is 8.34. The quantitative estimate of drug-likeness (QED) is 0.266. The normalized spacial score (nSPS) is 18.6. The largest absolute Gasteiger partial charge is 0.490 e. The SMILES string of the molecule is CCCN1CCC(Oc2ccc(C3c4[nH]c5ccc(Cl)cc5c4CCN3c3ccc(CC)cc3)cc2)CC1. The van der Waals surface area contributed by atoms with Crippen molar-refractivity contribution in [1.82, 2.24) is 9.88 Å². The Hall–Kier alpha value is -2.95. The molecule has 0 amide bonds. The van der Waals surface area contributed by atoms with Crippen molar-refractivity contribution in [3.05, 3.63) is 94.1 Å². The van der Waals surface area contributed by atoms with Crippen molar-refractivity contribution in [2.24, 2.45) is 0 Å². The van der Waals surface area contributed by atoms with Gasteiger partial charge in [-0.3, -0.25) is 0 Å². The molecule has 1 N–H and O–H groups in total. The maximum absolute atomic E-state index is 6.43. The van der Waals surface area contributed by atoms with E-state index in [2.05, 4.69) is 89.3 Å². The Morgan fingerprint density at radius 2 is 1.68 bits per heavy atom. The second-order valence-corrected chi connectivity index (χ2v) is 11.2. The summed E-state index contributed by atoms with van der Waals surface area (Å²) in [6.45, 7) is 8.89. The van der Waals surface area contributed by atoms with Crippen LogP contribution in [0.15, 0.2) is 66.7 Å². The van der Waals surface area contributed by atoms with Gasteiger partial charge in [0.1, 0.15) is 11.9 Å². The van der Waals surface area contributed by atoms with Crippen LogP contribution in [0.5, 0.6) is 5.75 Å². The van der Waals surface area contributed by atoms with E-state index in [0.29, 0.717) is 6.10 Å². The number of piperidine rings is 1. The molecule has 1 unspecified atom stereocenters. The Morgan fingerprint density at radius 3 is 2.39 bits per heavy atom. The molecule has 198 valence electrons. The molecule has 1 aromatic heterocycles. The van der Waals surface area contributed by atoms with E-state index < -0.39 is 0 Å². The molecule has 3 heterocycles. The molecule has 3 aromatic carbocycles. The number of aromatic nitrogens is 1. The van der Waals surface area contributed by atoms with Crippen LogP contribution in [-0.2, 0) is 12.8 Å². The van der Waals surface area contributed by atoms with E-state index in [9.17, 15) is 0 Å². The first-order valence-electron chi connectivity index (χ1n) is 14.3. The topological polar surface area (TPSA) is 31.5 Å². The lowest BCUT2D eigenvalue weighted by Crippen LogP contribution is -2.38. The summed E-state index contributed by atoms with van der Waals surface area (Å²) >= 11 is 6.40. The number of aryl methyl sites for hydroxylation is 1. The maximum atomic E-state index is 6.43. The molecule has 0 radical (unpaired) electrons. The zero-order chi connectivity index (χ0) is 26.1. The van der Waals surface area contributed by atoms with Crippen LogP contribution in [0.2, 0.25) is 5.02 Å². The highest BCUT2D eigenvalue weighted by Crippen LogP contribution is 2.41. The number of fused-ring (bicyclic) bond motifs is 3. The summed E-state index contributed by atoms with van der Waals surface area (Å²) in [5.41, 5.74) is 7.70. The Balaban J connectivity index is 1.30. The summed E-state index contributed by atoms with van der Waals surface area (Å²) < 4.78 is 6.43. The second kappa shape index (κ2) is 11.0. The van der Waals surface area contributed by atoms with Crippen molar-refractivity contribution in [3.8, 4) is 5.75 Å². The lowest BCUT2D eigenvalue weighted by molar-refractivity contribution is 0.101. The van der Waals surface area contributed by atoms with Gasteiger partial charge in [-0.1, -0.05) is 49.7 Å². The van der Waals surface area contributed by atoms with Gasteiger partial charge in [0.05, 0.1) is 6.04 Å². The van der Waals surface area contributed by atoms with Crippen LogP contribution in [0.4, 0.5) is 5.69 Å². The Kier molecular flexibility index (Phi) is 7.36. The van der Waals surface area contributed by atoms with Crippen LogP contribution in [-0.4, -0.2) is 42.2 Å². The van der Waals surface area contributed by atoms with E-state index in [1.54, 1.807) is 0 Å². The highest BCUT2D eigenvalue weighted by molar-refractivity contribution is 6.31. The van der Waals surface area contributed by atoms with Crippen molar-refractivity contribution in [2.75, 3.05) is 31.1 Å². The van der Waals surface area contributed by atoms with Crippen molar-refractivity contribution in [2.45, 2.75) is 58.1 Å². The summed E-state index contributed by atoms with van der Waals surface area (Å²) in [6.07, 6.45) is 5.77. The van der Waals surface area contributed by atoms with Crippen LogP contribution >= 0.6 is 11.6 Å². The van der Waals surface area contributed by atoms with Crippen LogP contribution in [0.25, 0.3) is 10.9 Å². The summed E-state index contributed by atoms with van der Waals surface area (Å²) in [4.78, 5) is 8.87. The van der Waals surface area contributed by atoms with E-state index in [1.807, 2.05) is 6.07 Å². The number of likely N-dealkylation sites (tertiary alicyclic amines) is 1. The first kappa shape index (κ1) is 25.3. The third kappa shape index (κ3) is 5.04. The van der Waals surface area contributed by atoms with E-state index >= 15 is 0 Å². The van der Waals surface area contributed by atoms with Crippen molar-refractivity contribution in [1.29, 1.82) is 0 Å². The molecule has 0 saturated carbocycles. The standard InChI is InChI=1S/C33H38ClN3O/c1-3-18-36-19-15-28(16-20-36)38-27-12-7-24(8-13-27)33-32-29(30-22-25(34)9-14-31(30)35-32)17-21-37(33)26-10-5-23(4-2)6-11-26/h5-14,22,28,33,35H,3-4,15-21H2,1-2H3. The van der Waals surface area contributed by atoms with E-state index in [1.165, 1.54) is 46.4 Å². The van der Waals surface area contributed by atoms with Crippen LogP contribution in [0.3, 0.4) is 0 Å². The lowest BCUT2D eigenvalue weighted by atomic mass is 9.91.